The van der Waals surface area contributed by atoms with E-state index in [-0.39, 0.29) is 26.1 Å². The number of phosphoric ester groups is 1. The van der Waals surface area contributed by atoms with Crippen molar-refractivity contribution in [2.24, 2.45) is 0 Å². The molecule has 0 aromatic rings. The number of unbranched alkanes of at least 4 members (excludes halogenated alkanes) is 40. The molecule has 0 aromatic heterocycles. The van der Waals surface area contributed by atoms with Gasteiger partial charge in [-0.3, -0.25) is 14.2 Å². The van der Waals surface area contributed by atoms with Crippen molar-refractivity contribution in [2.75, 3.05) is 47.5 Å². The van der Waals surface area contributed by atoms with E-state index in [4.69, 9.17) is 18.5 Å². The fourth-order valence-corrected chi connectivity index (χ4v) is 9.63. The first kappa shape index (κ1) is 67.8. The minimum Gasteiger partial charge on any atom is -0.756 e. The van der Waals surface area contributed by atoms with E-state index >= 15 is 0 Å². The smallest absolute Gasteiger partial charge is 0.306 e. The summed E-state index contributed by atoms with van der Waals surface area (Å²) in [5.41, 5.74) is 0. The van der Waals surface area contributed by atoms with Crippen molar-refractivity contribution in [1.29, 1.82) is 0 Å². The van der Waals surface area contributed by atoms with E-state index < -0.39 is 32.5 Å². The van der Waals surface area contributed by atoms with Crippen LogP contribution in [0.5, 0.6) is 0 Å². The average molecular weight is 999 g/mol. The first-order valence-corrected chi connectivity index (χ1v) is 31.4. The standard InChI is InChI=1S/C59H116NO8P/c1-6-8-10-12-14-16-18-20-22-24-26-28-30-32-33-35-37-39-41-43-45-47-49-51-58(61)65-55-57(56-67-69(63,64)66-54-53-60(3,4)5)68-59(62)52-50-48-46-44-42-40-38-36-34-31-29-27-25-23-21-19-17-15-13-11-9-7-2/h43,45,57H,6-42,44,46-56H2,1-5H3/b45-43+/t57-/m1/s1. The zero-order chi connectivity index (χ0) is 50.6. The minimum atomic E-state index is -4.64. The van der Waals surface area contributed by atoms with Gasteiger partial charge in [-0.15, -0.1) is 0 Å². The second-order valence-electron chi connectivity index (χ2n) is 21.7. The lowest BCUT2D eigenvalue weighted by atomic mass is 10.0. The molecule has 0 fully saturated rings. The van der Waals surface area contributed by atoms with Gasteiger partial charge in [-0.2, -0.15) is 0 Å². The normalized spacial score (nSPS) is 13.3. The van der Waals surface area contributed by atoms with E-state index in [0.29, 0.717) is 23.9 Å². The lowest BCUT2D eigenvalue weighted by molar-refractivity contribution is -0.870. The van der Waals surface area contributed by atoms with E-state index in [1.807, 2.05) is 21.1 Å². The number of hydrogen-bond donors (Lipinski definition) is 0. The number of phosphoric acid groups is 1. The highest BCUT2D eigenvalue weighted by Gasteiger charge is 2.22. The number of hydrogen-bond acceptors (Lipinski definition) is 8. The van der Waals surface area contributed by atoms with Crippen molar-refractivity contribution < 1.29 is 42.1 Å². The summed E-state index contributed by atoms with van der Waals surface area (Å²) in [5, 5.41) is 0. The van der Waals surface area contributed by atoms with Crippen molar-refractivity contribution in [3.8, 4) is 0 Å². The number of quaternary nitrogens is 1. The highest BCUT2D eigenvalue weighted by Crippen LogP contribution is 2.38. The molecule has 0 heterocycles. The number of ether oxygens (including phenoxy) is 2. The molecule has 0 radical (unpaired) electrons. The van der Waals surface area contributed by atoms with E-state index in [9.17, 15) is 19.0 Å². The van der Waals surface area contributed by atoms with Crippen LogP contribution in [0, 0.1) is 0 Å². The maximum Gasteiger partial charge on any atom is 0.306 e. The molecule has 0 aliphatic heterocycles. The van der Waals surface area contributed by atoms with Gasteiger partial charge in [-0.25, -0.2) is 0 Å². The highest BCUT2D eigenvalue weighted by atomic mass is 31.2. The summed E-state index contributed by atoms with van der Waals surface area (Å²) < 4.78 is 34.2. The Kier molecular flexibility index (Phi) is 50.7. The van der Waals surface area contributed by atoms with Crippen LogP contribution in [-0.4, -0.2) is 70.0 Å². The summed E-state index contributed by atoms with van der Waals surface area (Å²) in [4.78, 5) is 37.9. The molecular weight excluding hydrogens is 882 g/mol. The number of likely N-dealkylation sites (N-methyl/N-ethyl adjacent to an activating group) is 1. The molecule has 410 valence electrons. The molecule has 0 aliphatic rings. The predicted molar refractivity (Wildman–Crippen MR) is 292 cm³/mol. The summed E-state index contributed by atoms with van der Waals surface area (Å²) in [5.74, 6) is -0.850. The number of esters is 2. The summed E-state index contributed by atoms with van der Waals surface area (Å²) in [7, 11) is 1.17. The minimum absolute atomic E-state index is 0.0305. The van der Waals surface area contributed by atoms with Gasteiger partial charge in [0.05, 0.1) is 27.7 Å². The number of rotatable bonds is 56. The van der Waals surface area contributed by atoms with Gasteiger partial charge < -0.3 is 27.9 Å². The van der Waals surface area contributed by atoms with E-state index in [0.717, 1.165) is 25.7 Å². The van der Waals surface area contributed by atoms with Crippen LogP contribution in [0.3, 0.4) is 0 Å². The molecule has 10 heteroatoms. The SMILES string of the molecule is CCCCCCCCCCCCCCCCCCCC/C=C/CCCC(=O)OC[C@H](COP(=O)([O-])OCC[N+](C)(C)C)OC(=O)CCCCCCCCCCCCCCCCCCCCCCCC. The third-order valence-electron chi connectivity index (χ3n) is 13.5. The van der Waals surface area contributed by atoms with Gasteiger partial charge in [0.25, 0.3) is 7.82 Å². The molecule has 0 aromatic carbocycles. The van der Waals surface area contributed by atoms with Gasteiger partial charge in [-0.1, -0.05) is 270 Å². The molecule has 69 heavy (non-hydrogen) atoms. The maximum atomic E-state index is 12.8. The number of carbonyl (C=O) groups excluding carboxylic acids is 2. The Balaban J connectivity index is 4.13. The third-order valence-corrected chi connectivity index (χ3v) is 14.5. The zero-order valence-electron chi connectivity index (χ0n) is 46.5. The average Bonchev–Trinajstić information content (AvgIpc) is 3.31. The monoisotopic (exact) mass is 998 g/mol. The van der Waals surface area contributed by atoms with Crippen molar-refractivity contribution in [1.82, 2.24) is 0 Å². The maximum absolute atomic E-state index is 12.8. The Morgan fingerprint density at radius 1 is 0.435 bits per heavy atom. The first-order valence-electron chi connectivity index (χ1n) is 29.9. The molecule has 0 spiro atoms. The Morgan fingerprint density at radius 3 is 1.12 bits per heavy atom. The van der Waals surface area contributed by atoms with E-state index in [1.165, 1.54) is 238 Å². The first-order chi connectivity index (χ1) is 33.5. The Bertz CT molecular complexity index is 1180. The summed E-state index contributed by atoms with van der Waals surface area (Å²) >= 11 is 0. The quantitative estimate of drug-likeness (QED) is 0.0195. The lowest BCUT2D eigenvalue weighted by Gasteiger charge is -2.28. The largest absolute Gasteiger partial charge is 0.756 e. The van der Waals surface area contributed by atoms with Crippen molar-refractivity contribution >= 4 is 19.8 Å². The molecule has 0 amide bonds. The Labute approximate surface area is 428 Å². The molecule has 9 nitrogen and oxygen atoms in total. The fourth-order valence-electron chi connectivity index (χ4n) is 8.90. The number of carbonyl (C=O) groups is 2. The third kappa shape index (κ3) is 55.9. The van der Waals surface area contributed by atoms with Crippen molar-refractivity contribution in [2.45, 2.75) is 309 Å². The Hall–Kier alpha value is -1.25. The highest BCUT2D eigenvalue weighted by molar-refractivity contribution is 7.45. The van der Waals surface area contributed by atoms with Crippen LogP contribution in [0.25, 0.3) is 0 Å². The van der Waals surface area contributed by atoms with E-state index in [2.05, 4.69) is 26.0 Å². The lowest BCUT2D eigenvalue weighted by Crippen LogP contribution is -2.37. The van der Waals surface area contributed by atoms with Gasteiger partial charge in [-0.05, 0) is 32.1 Å². The number of allylic oxidation sites excluding steroid dienone is 2. The van der Waals surface area contributed by atoms with Crippen LogP contribution in [-0.2, 0) is 32.7 Å². The zero-order valence-corrected chi connectivity index (χ0v) is 47.4. The van der Waals surface area contributed by atoms with Crippen molar-refractivity contribution in [3.63, 3.8) is 0 Å². The van der Waals surface area contributed by atoms with Crippen LogP contribution < -0.4 is 4.89 Å². The molecule has 0 bridgehead atoms. The van der Waals surface area contributed by atoms with Crippen LogP contribution in [0.15, 0.2) is 12.2 Å². The second-order valence-corrected chi connectivity index (χ2v) is 23.1. The van der Waals surface area contributed by atoms with Gasteiger partial charge in [0, 0.05) is 12.8 Å². The predicted octanol–water partition coefficient (Wildman–Crippen LogP) is 17.8. The molecular formula is C59H116NO8P. The molecule has 0 saturated carbocycles. The molecule has 0 aliphatic carbocycles. The van der Waals surface area contributed by atoms with Crippen molar-refractivity contribution in [3.05, 3.63) is 12.2 Å². The Morgan fingerprint density at radius 2 is 0.754 bits per heavy atom. The fraction of sp³-hybridized carbons (Fsp3) is 0.932. The van der Waals surface area contributed by atoms with Crippen LogP contribution in [0.2, 0.25) is 0 Å². The molecule has 0 saturated heterocycles. The molecule has 0 rings (SSSR count). The van der Waals surface area contributed by atoms with Gasteiger partial charge in [0.2, 0.25) is 0 Å². The van der Waals surface area contributed by atoms with Crippen LogP contribution in [0.4, 0.5) is 0 Å². The summed E-state index contributed by atoms with van der Waals surface area (Å²) in [6, 6.07) is 0. The molecule has 2 atom stereocenters. The van der Waals surface area contributed by atoms with E-state index in [1.54, 1.807) is 0 Å². The molecule has 1 unspecified atom stereocenters. The van der Waals surface area contributed by atoms with Gasteiger partial charge >= 0.3 is 11.9 Å². The summed E-state index contributed by atoms with van der Waals surface area (Å²) in [6.07, 6.45) is 59.9. The van der Waals surface area contributed by atoms with Crippen LogP contribution in [0.1, 0.15) is 303 Å². The topological polar surface area (TPSA) is 111 Å². The number of nitrogens with zero attached hydrogens (tertiary/aromatic N) is 1. The van der Waals surface area contributed by atoms with Gasteiger partial charge in [0.1, 0.15) is 19.8 Å². The van der Waals surface area contributed by atoms with Crippen LogP contribution >= 0.6 is 7.82 Å². The summed E-state index contributed by atoms with van der Waals surface area (Å²) in [6.45, 7) is 4.28. The molecule has 0 N–H and O–H groups in total. The second kappa shape index (κ2) is 51.6. The van der Waals surface area contributed by atoms with Gasteiger partial charge in [0.15, 0.2) is 6.10 Å².